The van der Waals surface area contributed by atoms with Crippen LogP contribution in [0.5, 0.6) is 0 Å². The van der Waals surface area contributed by atoms with Gasteiger partial charge < -0.3 is 4.74 Å². The molecule has 0 radical (unpaired) electrons. The van der Waals surface area contributed by atoms with Gasteiger partial charge in [0.2, 0.25) is 0 Å². The van der Waals surface area contributed by atoms with E-state index >= 15 is 0 Å². The SMILES string of the molecule is CCOC(=O)c1cnc(-c2ccc(F)cn2)nc1C1CC1. The van der Waals surface area contributed by atoms with Gasteiger partial charge in [-0.3, -0.25) is 0 Å². The number of hydrogen-bond donors (Lipinski definition) is 0. The molecule has 0 spiro atoms. The highest BCUT2D eigenvalue weighted by Gasteiger charge is 2.31. The smallest absolute Gasteiger partial charge is 0.341 e. The first-order valence-electron chi connectivity index (χ1n) is 6.85. The summed E-state index contributed by atoms with van der Waals surface area (Å²) >= 11 is 0. The number of rotatable bonds is 4. The Bertz CT molecular complexity index is 669. The zero-order valence-electron chi connectivity index (χ0n) is 11.5. The van der Waals surface area contributed by atoms with Crippen molar-refractivity contribution in [2.75, 3.05) is 6.61 Å². The molecule has 1 saturated carbocycles. The van der Waals surface area contributed by atoms with Gasteiger partial charge in [-0.25, -0.2) is 24.1 Å². The molecule has 2 aromatic rings. The average molecular weight is 287 g/mol. The maximum absolute atomic E-state index is 12.9. The minimum absolute atomic E-state index is 0.270. The Labute approximate surface area is 121 Å². The number of ether oxygens (including phenoxy) is 1. The van der Waals surface area contributed by atoms with Gasteiger partial charge in [0.05, 0.1) is 24.1 Å². The molecule has 3 rings (SSSR count). The van der Waals surface area contributed by atoms with Crippen LogP contribution in [-0.2, 0) is 4.74 Å². The maximum atomic E-state index is 12.9. The molecule has 6 heteroatoms. The summed E-state index contributed by atoms with van der Waals surface area (Å²) in [5, 5.41) is 0. The topological polar surface area (TPSA) is 65.0 Å². The molecule has 0 saturated heterocycles. The van der Waals surface area contributed by atoms with Crippen molar-refractivity contribution in [3.05, 3.63) is 41.6 Å². The van der Waals surface area contributed by atoms with Crippen LogP contribution in [0.4, 0.5) is 4.39 Å². The molecule has 2 heterocycles. The van der Waals surface area contributed by atoms with Crippen LogP contribution >= 0.6 is 0 Å². The third-order valence-corrected chi connectivity index (χ3v) is 3.23. The fraction of sp³-hybridized carbons (Fsp3) is 0.333. The van der Waals surface area contributed by atoms with Crippen molar-refractivity contribution in [2.45, 2.75) is 25.7 Å². The van der Waals surface area contributed by atoms with Gasteiger partial charge in [-0.15, -0.1) is 0 Å². The van der Waals surface area contributed by atoms with Crippen molar-refractivity contribution in [3.8, 4) is 11.5 Å². The Morgan fingerprint density at radius 3 is 2.76 bits per heavy atom. The van der Waals surface area contributed by atoms with Gasteiger partial charge in [0.15, 0.2) is 5.82 Å². The van der Waals surface area contributed by atoms with E-state index in [4.69, 9.17) is 4.74 Å². The number of carbonyl (C=O) groups excluding carboxylic acids is 1. The standard InChI is InChI=1S/C15H14FN3O2/c1-2-21-15(20)11-8-18-14(19-13(11)9-3-4-9)12-6-5-10(16)7-17-12/h5-9H,2-4H2,1H3. The lowest BCUT2D eigenvalue weighted by molar-refractivity contribution is 0.0524. The van der Waals surface area contributed by atoms with Crippen molar-refractivity contribution in [3.63, 3.8) is 0 Å². The van der Waals surface area contributed by atoms with Crippen molar-refractivity contribution >= 4 is 5.97 Å². The summed E-state index contributed by atoms with van der Waals surface area (Å²) in [5.74, 6) is -0.154. The normalized spacial score (nSPS) is 14.0. The monoisotopic (exact) mass is 287 g/mol. The summed E-state index contributed by atoms with van der Waals surface area (Å²) in [7, 11) is 0. The summed E-state index contributed by atoms with van der Waals surface area (Å²) in [5.41, 5.74) is 1.59. The number of nitrogens with zero attached hydrogens (tertiary/aromatic N) is 3. The quantitative estimate of drug-likeness (QED) is 0.809. The van der Waals surface area contributed by atoms with Crippen LogP contribution in [0.15, 0.2) is 24.5 Å². The van der Waals surface area contributed by atoms with Crippen molar-refractivity contribution < 1.29 is 13.9 Å². The molecule has 108 valence electrons. The predicted molar refractivity (Wildman–Crippen MR) is 73.2 cm³/mol. The molecular formula is C15H14FN3O2. The Morgan fingerprint density at radius 1 is 1.33 bits per heavy atom. The first-order chi connectivity index (χ1) is 10.2. The molecule has 0 bridgehead atoms. The Balaban J connectivity index is 1.99. The third-order valence-electron chi connectivity index (χ3n) is 3.23. The zero-order valence-corrected chi connectivity index (χ0v) is 11.5. The number of pyridine rings is 1. The highest BCUT2D eigenvalue weighted by atomic mass is 19.1. The third kappa shape index (κ3) is 2.89. The fourth-order valence-electron chi connectivity index (χ4n) is 2.06. The van der Waals surface area contributed by atoms with E-state index in [0.29, 0.717) is 29.4 Å². The largest absolute Gasteiger partial charge is 0.462 e. The molecule has 21 heavy (non-hydrogen) atoms. The van der Waals surface area contributed by atoms with Crippen LogP contribution in [0.3, 0.4) is 0 Å². The van der Waals surface area contributed by atoms with Crippen LogP contribution in [0.2, 0.25) is 0 Å². The van der Waals surface area contributed by atoms with Gasteiger partial charge in [0.1, 0.15) is 11.5 Å². The molecule has 1 aliphatic carbocycles. The van der Waals surface area contributed by atoms with E-state index in [1.807, 2.05) is 0 Å². The van der Waals surface area contributed by atoms with Gasteiger partial charge in [-0.05, 0) is 31.9 Å². The van der Waals surface area contributed by atoms with Gasteiger partial charge in [0, 0.05) is 12.1 Å². The lowest BCUT2D eigenvalue weighted by Crippen LogP contribution is -2.11. The van der Waals surface area contributed by atoms with Crippen LogP contribution in [0.1, 0.15) is 41.7 Å². The zero-order chi connectivity index (χ0) is 14.8. The van der Waals surface area contributed by atoms with E-state index in [9.17, 15) is 9.18 Å². The van der Waals surface area contributed by atoms with E-state index < -0.39 is 11.8 Å². The fourth-order valence-corrected chi connectivity index (χ4v) is 2.06. The molecule has 0 unspecified atom stereocenters. The molecule has 0 amide bonds. The van der Waals surface area contributed by atoms with Crippen LogP contribution in [0, 0.1) is 5.82 Å². The number of halogens is 1. The minimum Gasteiger partial charge on any atom is -0.462 e. The summed E-state index contributed by atoms with van der Waals surface area (Å²) in [6, 6.07) is 2.83. The van der Waals surface area contributed by atoms with Gasteiger partial charge in [-0.1, -0.05) is 0 Å². The van der Waals surface area contributed by atoms with E-state index in [-0.39, 0.29) is 5.92 Å². The number of esters is 1. The van der Waals surface area contributed by atoms with Gasteiger partial charge in [0.25, 0.3) is 0 Å². The highest BCUT2D eigenvalue weighted by Crippen LogP contribution is 2.41. The maximum Gasteiger partial charge on any atom is 0.341 e. The van der Waals surface area contributed by atoms with Gasteiger partial charge >= 0.3 is 5.97 Å². The lowest BCUT2D eigenvalue weighted by Gasteiger charge is -2.08. The Morgan fingerprint density at radius 2 is 2.14 bits per heavy atom. The number of aromatic nitrogens is 3. The molecular weight excluding hydrogens is 273 g/mol. The number of hydrogen-bond acceptors (Lipinski definition) is 5. The molecule has 0 N–H and O–H groups in total. The molecule has 1 fully saturated rings. The molecule has 5 nitrogen and oxygen atoms in total. The molecule has 1 aliphatic rings. The summed E-state index contributed by atoms with van der Waals surface area (Å²) in [6.07, 6.45) is 4.59. The Hall–Kier alpha value is -2.37. The molecule has 2 aromatic heterocycles. The molecule has 0 atom stereocenters. The molecule has 0 aromatic carbocycles. The average Bonchev–Trinajstić information content (AvgIpc) is 3.32. The lowest BCUT2D eigenvalue weighted by atomic mass is 10.1. The van der Waals surface area contributed by atoms with Crippen LogP contribution in [-0.4, -0.2) is 27.5 Å². The minimum atomic E-state index is -0.413. The van der Waals surface area contributed by atoms with E-state index in [2.05, 4.69) is 15.0 Å². The van der Waals surface area contributed by atoms with Crippen LogP contribution in [0.25, 0.3) is 11.5 Å². The summed E-state index contributed by atoms with van der Waals surface area (Å²) in [6.45, 7) is 2.07. The van der Waals surface area contributed by atoms with Gasteiger partial charge in [-0.2, -0.15) is 0 Å². The van der Waals surface area contributed by atoms with Crippen molar-refractivity contribution in [2.24, 2.45) is 0 Å². The highest BCUT2D eigenvalue weighted by molar-refractivity contribution is 5.90. The molecule has 0 aliphatic heterocycles. The predicted octanol–water partition coefficient (Wildman–Crippen LogP) is 2.73. The van der Waals surface area contributed by atoms with E-state index in [1.54, 1.807) is 6.92 Å². The number of carbonyl (C=O) groups is 1. The summed E-state index contributed by atoms with van der Waals surface area (Å²) in [4.78, 5) is 24.5. The van der Waals surface area contributed by atoms with E-state index in [0.717, 1.165) is 19.0 Å². The first-order valence-corrected chi connectivity index (χ1v) is 6.85. The van der Waals surface area contributed by atoms with Crippen molar-refractivity contribution in [1.82, 2.24) is 15.0 Å². The second kappa shape index (κ2) is 5.55. The second-order valence-electron chi connectivity index (χ2n) is 4.85. The second-order valence-corrected chi connectivity index (χ2v) is 4.85. The van der Waals surface area contributed by atoms with E-state index in [1.165, 1.54) is 18.3 Å². The van der Waals surface area contributed by atoms with Crippen molar-refractivity contribution in [1.29, 1.82) is 0 Å². The Kier molecular flexibility index (Phi) is 3.60. The first kappa shape index (κ1) is 13.6. The summed E-state index contributed by atoms with van der Waals surface area (Å²) < 4.78 is 17.9. The van der Waals surface area contributed by atoms with Crippen LogP contribution < -0.4 is 0 Å².